The summed E-state index contributed by atoms with van der Waals surface area (Å²) in [4.78, 5) is 0. The van der Waals surface area contributed by atoms with Crippen LogP contribution in [0.15, 0.2) is 18.2 Å². The lowest BCUT2D eigenvalue weighted by atomic mass is 9.71. The molecule has 0 heterocycles. The fourth-order valence-electron chi connectivity index (χ4n) is 3.87. The van der Waals surface area contributed by atoms with Crippen molar-refractivity contribution in [1.29, 1.82) is 0 Å². The summed E-state index contributed by atoms with van der Waals surface area (Å²) in [6, 6.07) is 4.04. The zero-order valence-electron chi connectivity index (χ0n) is 11.2. The minimum absolute atomic E-state index is 0.368. The molecule has 0 bridgehead atoms. The summed E-state index contributed by atoms with van der Waals surface area (Å²) in [5, 5.41) is 3.29. The van der Waals surface area contributed by atoms with E-state index < -0.39 is 11.6 Å². The minimum atomic E-state index is -0.509. The van der Waals surface area contributed by atoms with Crippen LogP contribution in [-0.2, 0) is 0 Å². The molecule has 1 spiro atoms. The quantitative estimate of drug-likeness (QED) is 0.803. The van der Waals surface area contributed by atoms with Gasteiger partial charge in [0.25, 0.3) is 0 Å². The van der Waals surface area contributed by atoms with Gasteiger partial charge in [-0.05, 0) is 56.1 Å². The summed E-state index contributed by atoms with van der Waals surface area (Å²) in [6.07, 6.45) is 10.3. The van der Waals surface area contributed by atoms with Crippen LogP contribution in [0.25, 0.3) is 0 Å². The topological polar surface area (TPSA) is 12.0 Å². The number of hydrogen-bond acceptors (Lipinski definition) is 1. The Kier molecular flexibility index (Phi) is 3.46. The van der Waals surface area contributed by atoms with Gasteiger partial charge in [0.15, 0.2) is 0 Å². The van der Waals surface area contributed by atoms with Crippen LogP contribution in [-0.4, -0.2) is 6.04 Å². The molecule has 1 aromatic carbocycles. The van der Waals surface area contributed by atoms with Crippen LogP contribution in [0.3, 0.4) is 0 Å². The Morgan fingerprint density at radius 1 is 0.895 bits per heavy atom. The van der Waals surface area contributed by atoms with Gasteiger partial charge < -0.3 is 5.32 Å². The van der Waals surface area contributed by atoms with E-state index in [1.54, 1.807) is 0 Å². The normalized spacial score (nSPS) is 22.8. The van der Waals surface area contributed by atoms with Crippen LogP contribution in [0.1, 0.15) is 51.4 Å². The van der Waals surface area contributed by atoms with Crippen molar-refractivity contribution in [3.63, 3.8) is 0 Å². The summed E-state index contributed by atoms with van der Waals surface area (Å²) in [7, 11) is 0. The van der Waals surface area contributed by atoms with Gasteiger partial charge in [0, 0.05) is 17.8 Å². The number of halogens is 2. The van der Waals surface area contributed by atoms with Gasteiger partial charge in [-0.1, -0.05) is 12.8 Å². The summed E-state index contributed by atoms with van der Waals surface area (Å²) in [5.41, 5.74) is 1.18. The second-order valence-corrected chi connectivity index (χ2v) is 6.28. The Morgan fingerprint density at radius 3 is 2.05 bits per heavy atom. The van der Waals surface area contributed by atoms with Gasteiger partial charge in [0.2, 0.25) is 0 Å². The highest BCUT2D eigenvalue weighted by atomic mass is 19.1. The molecular weight excluding hydrogens is 244 g/mol. The molecule has 3 rings (SSSR count). The molecule has 2 aliphatic rings. The largest absolute Gasteiger partial charge is 0.382 e. The van der Waals surface area contributed by atoms with Crippen molar-refractivity contribution >= 4 is 5.69 Å². The van der Waals surface area contributed by atoms with Crippen LogP contribution in [0.4, 0.5) is 14.5 Å². The molecule has 104 valence electrons. The van der Waals surface area contributed by atoms with Crippen molar-refractivity contribution in [2.75, 3.05) is 5.32 Å². The minimum Gasteiger partial charge on any atom is -0.382 e. The summed E-state index contributed by atoms with van der Waals surface area (Å²) in [6.45, 7) is 0. The second-order valence-electron chi connectivity index (χ2n) is 6.28. The smallest absolute Gasteiger partial charge is 0.128 e. The van der Waals surface area contributed by atoms with E-state index in [4.69, 9.17) is 0 Å². The molecule has 0 aromatic heterocycles. The number of rotatable bonds is 2. The Morgan fingerprint density at radius 2 is 1.47 bits per heavy atom. The maximum atomic E-state index is 13.1. The highest BCUT2D eigenvalue weighted by molar-refractivity contribution is 5.44. The third-order valence-electron chi connectivity index (χ3n) is 4.94. The highest BCUT2D eigenvalue weighted by Gasteiger charge is 2.37. The molecule has 0 unspecified atom stereocenters. The van der Waals surface area contributed by atoms with Gasteiger partial charge >= 0.3 is 0 Å². The third-order valence-corrected chi connectivity index (χ3v) is 4.94. The number of benzene rings is 1. The summed E-state index contributed by atoms with van der Waals surface area (Å²) >= 11 is 0. The molecule has 0 saturated heterocycles. The van der Waals surface area contributed by atoms with Crippen molar-refractivity contribution in [2.24, 2.45) is 5.41 Å². The molecule has 2 saturated carbocycles. The molecule has 2 aliphatic carbocycles. The van der Waals surface area contributed by atoms with E-state index in [9.17, 15) is 8.78 Å². The van der Waals surface area contributed by atoms with Crippen LogP contribution >= 0.6 is 0 Å². The van der Waals surface area contributed by atoms with Crippen LogP contribution < -0.4 is 5.32 Å². The molecule has 3 heteroatoms. The first kappa shape index (κ1) is 12.9. The zero-order valence-corrected chi connectivity index (χ0v) is 11.2. The SMILES string of the molecule is Fc1cc(F)cc(NC2CCC3(CCCC3)CC2)c1. The number of hydrogen-bond donors (Lipinski definition) is 1. The molecule has 0 radical (unpaired) electrons. The molecule has 1 aromatic rings. The molecule has 0 amide bonds. The van der Waals surface area contributed by atoms with Gasteiger partial charge in [-0.2, -0.15) is 0 Å². The fraction of sp³-hybridized carbons (Fsp3) is 0.625. The van der Waals surface area contributed by atoms with E-state index in [1.807, 2.05) is 0 Å². The molecule has 1 nitrogen and oxygen atoms in total. The van der Waals surface area contributed by atoms with Crippen LogP contribution in [0.5, 0.6) is 0 Å². The Labute approximate surface area is 113 Å². The highest BCUT2D eigenvalue weighted by Crippen LogP contribution is 2.49. The summed E-state index contributed by atoms with van der Waals surface area (Å²) < 4.78 is 26.3. The van der Waals surface area contributed by atoms with E-state index >= 15 is 0 Å². The van der Waals surface area contributed by atoms with Crippen LogP contribution in [0.2, 0.25) is 0 Å². The molecule has 0 atom stereocenters. The van der Waals surface area contributed by atoms with Gasteiger partial charge in [0.1, 0.15) is 11.6 Å². The maximum absolute atomic E-state index is 13.1. The van der Waals surface area contributed by atoms with Crippen molar-refractivity contribution in [3.05, 3.63) is 29.8 Å². The van der Waals surface area contributed by atoms with Crippen molar-refractivity contribution in [1.82, 2.24) is 0 Å². The van der Waals surface area contributed by atoms with E-state index in [0.29, 0.717) is 17.1 Å². The first-order valence-electron chi connectivity index (χ1n) is 7.38. The van der Waals surface area contributed by atoms with Crippen LogP contribution in [0, 0.1) is 17.0 Å². The maximum Gasteiger partial charge on any atom is 0.128 e. The predicted molar refractivity (Wildman–Crippen MR) is 73.1 cm³/mol. The lowest BCUT2D eigenvalue weighted by molar-refractivity contribution is 0.188. The Bertz CT molecular complexity index is 422. The second kappa shape index (κ2) is 5.10. The van der Waals surface area contributed by atoms with Crippen molar-refractivity contribution in [3.8, 4) is 0 Å². The third kappa shape index (κ3) is 2.90. The first-order chi connectivity index (χ1) is 9.15. The number of anilines is 1. The predicted octanol–water partition coefficient (Wildman–Crippen LogP) is 4.88. The molecule has 2 fully saturated rings. The lowest BCUT2D eigenvalue weighted by Crippen LogP contribution is -2.31. The summed E-state index contributed by atoms with van der Waals surface area (Å²) in [5.74, 6) is -1.02. The van der Waals surface area contributed by atoms with E-state index in [0.717, 1.165) is 18.9 Å². The average molecular weight is 265 g/mol. The van der Waals surface area contributed by atoms with E-state index in [-0.39, 0.29) is 0 Å². The molecule has 19 heavy (non-hydrogen) atoms. The van der Waals surface area contributed by atoms with Crippen molar-refractivity contribution < 1.29 is 8.78 Å². The molecular formula is C16H21F2N. The van der Waals surface area contributed by atoms with Crippen molar-refractivity contribution in [2.45, 2.75) is 57.4 Å². The number of nitrogens with one attached hydrogen (secondary N) is 1. The monoisotopic (exact) mass is 265 g/mol. The van der Waals surface area contributed by atoms with E-state index in [1.165, 1.54) is 50.7 Å². The lowest BCUT2D eigenvalue weighted by Gasteiger charge is -2.37. The van der Waals surface area contributed by atoms with Gasteiger partial charge in [-0.15, -0.1) is 0 Å². The first-order valence-corrected chi connectivity index (χ1v) is 7.38. The van der Waals surface area contributed by atoms with Gasteiger partial charge in [-0.25, -0.2) is 8.78 Å². The zero-order chi connectivity index (χ0) is 13.3. The Hall–Kier alpha value is -1.12. The fourth-order valence-corrected chi connectivity index (χ4v) is 3.87. The molecule has 1 N–H and O–H groups in total. The average Bonchev–Trinajstić information content (AvgIpc) is 2.80. The standard InChI is InChI=1S/C16H21F2N/c17-12-9-13(18)11-15(10-12)19-14-3-7-16(8-4-14)5-1-2-6-16/h9-11,14,19H,1-8H2. The van der Waals surface area contributed by atoms with Gasteiger partial charge in [0.05, 0.1) is 0 Å². The Balaban J connectivity index is 1.59. The molecule has 0 aliphatic heterocycles. The van der Waals surface area contributed by atoms with E-state index in [2.05, 4.69) is 5.32 Å². The van der Waals surface area contributed by atoms with Gasteiger partial charge in [-0.3, -0.25) is 0 Å².